The molecule has 0 spiro atoms. The van der Waals surface area contributed by atoms with Crippen LogP contribution in [0.4, 0.5) is 5.69 Å². The first-order chi connectivity index (χ1) is 9.65. The zero-order valence-electron chi connectivity index (χ0n) is 11.0. The van der Waals surface area contributed by atoms with Crippen molar-refractivity contribution in [1.82, 2.24) is 4.98 Å². The quantitative estimate of drug-likeness (QED) is 0.661. The summed E-state index contributed by atoms with van der Waals surface area (Å²) in [7, 11) is 0. The van der Waals surface area contributed by atoms with Gasteiger partial charge in [0.15, 0.2) is 0 Å². The molecule has 1 aliphatic carbocycles. The highest BCUT2D eigenvalue weighted by Gasteiger charge is 2.27. The molecule has 0 aliphatic heterocycles. The standard InChI is InChI=1S/C13H16N4O3/c14-6-9-3-1-2-4-12(9)20-13-10(7-15)5-11(8-16-13)17(18)19/h5,8-9,12H,1-4,6,14H2. The number of hydrogen-bond acceptors (Lipinski definition) is 6. The van der Waals surface area contributed by atoms with Gasteiger partial charge in [-0.2, -0.15) is 5.26 Å². The highest BCUT2D eigenvalue weighted by Crippen LogP contribution is 2.29. The lowest BCUT2D eigenvalue weighted by molar-refractivity contribution is -0.385. The minimum absolute atomic E-state index is 0.0743. The molecule has 1 aromatic rings. The molecule has 7 heteroatoms. The van der Waals surface area contributed by atoms with Crippen LogP contribution >= 0.6 is 0 Å². The third kappa shape index (κ3) is 3.03. The summed E-state index contributed by atoms with van der Waals surface area (Å²) in [6.45, 7) is 0.527. The summed E-state index contributed by atoms with van der Waals surface area (Å²) >= 11 is 0. The predicted molar refractivity (Wildman–Crippen MR) is 71.0 cm³/mol. The third-order valence-electron chi connectivity index (χ3n) is 3.57. The maximum atomic E-state index is 10.7. The van der Waals surface area contributed by atoms with Crippen LogP contribution in [0, 0.1) is 27.4 Å². The maximum Gasteiger partial charge on any atom is 0.289 e. The van der Waals surface area contributed by atoms with Crippen molar-refractivity contribution in [1.29, 1.82) is 5.26 Å². The molecule has 2 N–H and O–H groups in total. The smallest absolute Gasteiger partial charge is 0.289 e. The van der Waals surface area contributed by atoms with Crippen molar-refractivity contribution in [3.05, 3.63) is 27.9 Å². The Kier molecular flexibility index (Phi) is 4.48. The lowest BCUT2D eigenvalue weighted by Gasteiger charge is -2.30. The summed E-state index contributed by atoms with van der Waals surface area (Å²) in [6.07, 6.45) is 5.07. The van der Waals surface area contributed by atoms with Crippen LogP contribution in [-0.4, -0.2) is 22.6 Å². The van der Waals surface area contributed by atoms with Crippen LogP contribution in [0.15, 0.2) is 12.3 Å². The number of hydrogen-bond donors (Lipinski definition) is 1. The van der Waals surface area contributed by atoms with Gasteiger partial charge >= 0.3 is 0 Å². The van der Waals surface area contributed by atoms with Crippen molar-refractivity contribution < 1.29 is 9.66 Å². The molecule has 20 heavy (non-hydrogen) atoms. The van der Waals surface area contributed by atoms with Crippen molar-refractivity contribution in [3.8, 4) is 11.9 Å². The molecule has 0 amide bonds. The fourth-order valence-electron chi connectivity index (χ4n) is 2.46. The van der Waals surface area contributed by atoms with Crippen LogP contribution < -0.4 is 10.5 Å². The summed E-state index contributed by atoms with van der Waals surface area (Å²) in [4.78, 5) is 14.0. The van der Waals surface area contributed by atoms with Crippen molar-refractivity contribution in [3.63, 3.8) is 0 Å². The molecule has 1 heterocycles. The fourth-order valence-corrected chi connectivity index (χ4v) is 2.46. The monoisotopic (exact) mass is 276 g/mol. The molecule has 7 nitrogen and oxygen atoms in total. The van der Waals surface area contributed by atoms with Crippen LogP contribution in [0.3, 0.4) is 0 Å². The van der Waals surface area contributed by atoms with Crippen molar-refractivity contribution >= 4 is 5.69 Å². The topological polar surface area (TPSA) is 115 Å². The van der Waals surface area contributed by atoms with Gasteiger partial charge in [0, 0.05) is 12.0 Å². The molecule has 0 saturated heterocycles. The number of nitro groups is 1. The molecule has 1 fully saturated rings. The number of nitriles is 1. The summed E-state index contributed by atoms with van der Waals surface area (Å²) in [6, 6.07) is 3.07. The van der Waals surface area contributed by atoms with E-state index in [1.165, 1.54) is 6.07 Å². The number of pyridine rings is 1. The molecular weight excluding hydrogens is 260 g/mol. The summed E-state index contributed by atoms with van der Waals surface area (Å²) < 4.78 is 5.78. The van der Waals surface area contributed by atoms with E-state index in [-0.39, 0.29) is 29.2 Å². The molecule has 0 radical (unpaired) electrons. The van der Waals surface area contributed by atoms with E-state index in [1.54, 1.807) is 0 Å². The molecule has 0 aromatic carbocycles. The van der Waals surface area contributed by atoms with Gasteiger partial charge in [-0.25, -0.2) is 4.98 Å². The second kappa shape index (κ2) is 6.30. The normalized spacial score (nSPS) is 22.0. The number of nitrogens with two attached hydrogens (primary N) is 1. The van der Waals surface area contributed by atoms with Gasteiger partial charge < -0.3 is 10.5 Å². The Morgan fingerprint density at radius 2 is 2.30 bits per heavy atom. The molecule has 106 valence electrons. The first kappa shape index (κ1) is 14.2. The van der Waals surface area contributed by atoms with E-state index in [0.29, 0.717) is 6.54 Å². The predicted octanol–water partition coefficient (Wildman–Crippen LogP) is 1.76. The highest BCUT2D eigenvalue weighted by atomic mass is 16.6. The molecule has 1 aliphatic rings. The van der Waals surface area contributed by atoms with Crippen LogP contribution in [0.5, 0.6) is 5.88 Å². The molecule has 2 rings (SSSR count). The zero-order chi connectivity index (χ0) is 14.5. The molecule has 2 atom stereocenters. The van der Waals surface area contributed by atoms with Crippen molar-refractivity contribution in [2.24, 2.45) is 11.7 Å². The molecule has 1 aromatic heterocycles. The number of ether oxygens (including phenoxy) is 1. The van der Waals surface area contributed by atoms with Gasteiger partial charge in [0.1, 0.15) is 23.9 Å². The van der Waals surface area contributed by atoms with E-state index in [2.05, 4.69) is 4.98 Å². The average molecular weight is 276 g/mol. The summed E-state index contributed by atoms with van der Waals surface area (Å²) in [5.74, 6) is 0.399. The Balaban J connectivity index is 2.20. The average Bonchev–Trinajstić information content (AvgIpc) is 2.48. The lowest BCUT2D eigenvalue weighted by Crippen LogP contribution is -2.35. The van der Waals surface area contributed by atoms with E-state index in [9.17, 15) is 10.1 Å². The van der Waals surface area contributed by atoms with Crippen molar-refractivity contribution in [2.75, 3.05) is 6.54 Å². The Morgan fingerprint density at radius 1 is 1.55 bits per heavy atom. The van der Waals surface area contributed by atoms with Gasteiger partial charge in [0.25, 0.3) is 5.69 Å². The van der Waals surface area contributed by atoms with Gasteiger partial charge in [0.05, 0.1) is 4.92 Å². The molecule has 0 bridgehead atoms. The Labute approximate surface area is 116 Å². The van der Waals surface area contributed by atoms with Crippen LogP contribution in [0.25, 0.3) is 0 Å². The Hall–Kier alpha value is -2.20. The lowest BCUT2D eigenvalue weighted by atomic mass is 9.86. The van der Waals surface area contributed by atoms with Crippen LogP contribution in [0.1, 0.15) is 31.2 Å². The zero-order valence-corrected chi connectivity index (χ0v) is 11.0. The minimum atomic E-state index is -0.582. The number of nitrogens with zero attached hydrogens (tertiary/aromatic N) is 3. The first-order valence-electron chi connectivity index (χ1n) is 6.57. The van der Waals surface area contributed by atoms with E-state index < -0.39 is 4.92 Å². The Bertz CT molecular complexity index is 541. The SMILES string of the molecule is N#Cc1cc([N+](=O)[O-])cnc1OC1CCCCC1CN. The molecule has 1 saturated carbocycles. The minimum Gasteiger partial charge on any atom is -0.473 e. The van der Waals surface area contributed by atoms with Gasteiger partial charge in [-0.05, 0) is 25.8 Å². The maximum absolute atomic E-state index is 10.7. The van der Waals surface area contributed by atoms with Gasteiger partial charge in [-0.15, -0.1) is 0 Å². The first-order valence-corrected chi connectivity index (χ1v) is 6.57. The van der Waals surface area contributed by atoms with Crippen LogP contribution in [-0.2, 0) is 0 Å². The van der Waals surface area contributed by atoms with Crippen LogP contribution in [0.2, 0.25) is 0 Å². The fraction of sp³-hybridized carbons (Fsp3) is 0.538. The van der Waals surface area contributed by atoms with E-state index in [1.807, 2.05) is 6.07 Å². The van der Waals surface area contributed by atoms with Gasteiger partial charge in [-0.1, -0.05) is 6.42 Å². The highest BCUT2D eigenvalue weighted by molar-refractivity contribution is 5.45. The van der Waals surface area contributed by atoms with E-state index in [4.69, 9.17) is 15.7 Å². The van der Waals surface area contributed by atoms with Gasteiger partial charge in [0.2, 0.25) is 5.88 Å². The molecule has 2 unspecified atom stereocenters. The summed E-state index contributed by atoms with van der Waals surface area (Å²) in [5, 5.41) is 19.7. The molecular formula is C13H16N4O3. The Morgan fingerprint density at radius 3 is 2.95 bits per heavy atom. The second-order valence-corrected chi connectivity index (χ2v) is 4.85. The van der Waals surface area contributed by atoms with E-state index in [0.717, 1.165) is 31.9 Å². The largest absolute Gasteiger partial charge is 0.473 e. The van der Waals surface area contributed by atoms with E-state index >= 15 is 0 Å². The van der Waals surface area contributed by atoms with Gasteiger partial charge in [-0.3, -0.25) is 10.1 Å². The number of rotatable bonds is 4. The van der Waals surface area contributed by atoms with Crippen molar-refractivity contribution in [2.45, 2.75) is 31.8 Å². The summed E-state index contributed by atoms with van der Waals surface area (Å²) in [5.41, 5.74) is 5.60. The third-order valence-corrected chi connectivity index (χ3v) is 3.57. The second-order valence-electron chi connectivity index (χ2n) is 4.85. The number of aromatic nitrogens is 1.